The minimum absolute atomic E-state index is 0.111. The molecule has 0 amide bonds. The van der Waals surface area contributed by atoms with Crippen LogP contribution in [0.15, 0.2) is 24.3 Å². The number of hydrogen-bond acceptors (Lipinski definition) is 2. The Morgan fingerprint density at radius 1 is 1.04 bits per heavy atom. The highest BCUT2D eigenvalue weighted by Crippen LogP contribution is 2.24. The van der Waals surface area contributed by atoms with Crippen molar-refractivity contribution in [3.8, 4) is 0 Å². The van der Waals surface area contributed by atoms with Gasteiger partial charge in [-0.05, 0) is 25.0 Å². The monoisotopic (exact) mass is 323 g/mol. The van der Waals surface area contributed by atoms with E-state index in [1.165, 1.54) is 0 Å². The average Bonchev–Trinajstić information content (AvgIpc) is 2.84. The Balaban J connectivity index is 1.81. The van der Waals surface area contributed by atoms with Gasteiger partial charge in [0.05, 0.1) is 0 Å². The number of pyridine rings is 1. The number of aryl methyl sites for hydroxylation is 1. The second-order valence-corrected chi connectivity index (χ2v) is 5.15. The number of aromatic amines is 1. The van der Waals surface area contributed by atoms with Crippen LogP contribution in [-0.4, -0.2) is 16.5 Å². The third kappa shape index (κ3) is 2.74. The molecule has 0 bridgehead atoms. The lowest BCUT2D eigenvalue weighted by Crippen LogP contribution is -2.12. The molecule has 7 heteroatoms. The van der Waals surface area contributed by atoms with Crippen LogP contribution in [0.5, 0.6) is 0 Å². The van der Waals surface area contributed by atoms with Crippen molar-refractivity contribution in [3.63, 3.8) is 0 Å². The van der Waals surface area contributed by atoms with Crippen LogP contribution in [0.2, 0.25) is 0 Å². The first-order valence-corrected chi connectivity index (χ1v) is 6.99. The van der Waals surface area contributed by atoms with E-state index in [0.29, 0.717) is 6.42 Å². The van der Waals surface area contributed by atoms with Gasteiger partial charge in [0.25, 0.3) is 11.9 Å². The van der Waals surface area contributed by atoms with Crippen LogP contribution < -0.4 is 5.32 Å². The Bertz CT molecular complexity index is 847. The van der Waals surface area contributed by atoms with Crippen molar-refractivity contribution < 1.29 is 17.6 Å². The molecule has 23 heavy (non-hydrogen) atoms. The molecule has 120 valence electrons. The van der Waals surface area contributed by atoms with E-state index in [1.54, 1.807) is 0 Å². The molecule has 0 aliphatic rings. The van der Waals surface area contributed by atoms with Crippen LogP contribution >= 0.6 is 0 Å². The molecule has 3 nitrogen and oxygen atoms in total. The third-order valence-electron chi connectivity index (χ3n) is 3.70. The fraction of sp³-hybridized carbons (Fsp3) is 0.188. The van der Waals surface area contributed by atoms with Crippen molar-refractivity contribution in [1.29, 1.82) is 0 Å². The van der Waals surface area contributed by atoms with Gasteiger partial charge in [-0.3, -0.25) is 0 Å². The largest absolute Gasteiger partial charge is 0.380 e. The number of anilines is 1. The first-order chi connectivity index (χ1) is 11.0. The number of aromatic nitrogens is 2. The van der Waals surface area contributed by atoms with E-state index < -0.39 is 29.2 Å². The summed E-state index contributed by atoms with van der Waals surface area (Å²) in [6.45, 7) is 2.00. The molecule has 0 saturated carbocycles. The first-order valence-electron chi connectivity index (χ1n) is 6.99. The zero-order valence-electron chi connectivity index (χ0n) is 12.2. The quantitative estimate of drug-likeness (QED) is 0.561. The predicted molar refractivity (Wildman–Crippen MR) is 79.3 cm³/mol. The van der Waals surface area contributed by atoms with Gasteiger partial charge in [-0.1, -0.05) is 18.2 Å². The number of benzene rings is 1. The van der Waals surface area contributed by atoms with Crippen LogP contribution in [0, 0.1) is 30.5 Å². The van der Waals surface area contributed by atoms with Gasteiger partial charge >= 0.3 is 0 Å². The van der Waals surface area contributed by atoms with Crippen LogP contribution in [0.3, 0.4) is 0 Å². The van der Waals surface area contributed by atoms with E-state index in [0.717, 1.165) is 22.2 Å². The summed E-state index contributed by atoms with van der Waals surface area (Å²) >= 11 is 0. The minimum Gasteiger partial charge on any atom is -0.380 e. The van der Waals surface area contributed by atoms with Crippen molar-refractivity contribution in [3.05, 3.63) is 59.1 Å². The molecule has 3 aromatic rings. The molecule has 2 heterocycles. The Kier molecular flexibility index (Phi) is 3.94. The summed E-state index contributed by atoms with van der Waals surface area (Å²) in [7, 11) is 0. The van der Waals surface area contributed by atoms with Gasteiger partial charge in [-0.15, -0.1) is 0 Å². The number of fused-ring (bicyclic) bond motifs is 1. The van der Waals surface area contributed by atoms with E-state index >= 15 is 0 Å². The third-order valence-corrected chi connectivity index (χ3v) is 3.70. The lowest BCUT2D eigenvalue weighted by Gasteiger charge is -2.09. The summed E-state index contributed by atoms with van der Waals surface area (Å²) in [5.41, 5.74) is 2.02. The molecule has 3 rings (SSSR count). The number of H-pyrrole nitrogens is 1. The maximum atomic E-state index is 13.5. The molecule has 0 saturated heterocycles. The molecule has 1 aromatic carbocycles. The maximum absolute atomic E-state index is 13.5. The Morgan fingerprint density at radius 2 is 1.70 bits per heavy atom. The fourth-order valence-corrected chi connectivity index (χ4v) is 2.61. The van der Waals surface area contributed by atoms with Crippen LogP contribution in [-0.2, 0) is 6.42 Å². The number of rotatable bonds is 4. The number of hydrogen-bond donors (Lipinski definition) is 2. The normalized spacial score (nSPS) is 11.2. The molecule has 0 fully saturated rings. The summed E-state index contributed by atoms with van der Waals surface area (Å²) in [4.78, 5) is 5.73. The van der Waals surface area contributed by atoms with Crippen LogP contribution in [0.1, 0.15) is 11.3 Å². The second-order valence-electron chi connectivity index (χ2n) is 5.15. The maximum Gasteiger partial charge on any atom is 0.253 e. The molecule has 0 aliphatic heterocycles. The van der Waals surface area contributed by atoms with E-state index in [9.17, 15) is 17.6 Å². The van der Waals surface area contributed by atoms with Crippen LogP contribution in [0.25, 0.3) is 10.9 Å². The number of nitrogens with one attached hydrogen (secondary N) is 2. The van der Waals surface area contributed by atoms with Crippen molar-refractivity contribution in [1.82, 2.24) is 9.97 Å². The fourth-order valence-electron chi connectivity index (χ4n) is 2.61. The smallest absolute Gasteiger partial charge is 0.253 e. The number of nitrogens with zero attached hydrogens (tertiary/aromatic N) is 1. The Morgan fingerprint density at radius 3 is 2.39 bits per heavy atom. The molecular formula is C16H13F4N3. The molecule has 2 aromatic heterocycles. The van der Waals surface area contributed by atoms with E-state index in [1.807, 2.05) is 31.2 Å². The minimum atomic E-state index is -1.67. The molecule has 0 unspecified atom stereocenters. The second kappa shape index (κ2) is 5.91. The van der Waals surface area contributed by atoms with Gasteiger partial charge in [0.15, 0.2) is 0 Å². The summed E-state index contributed by atoms with van der Waals surface area (Å²) in [5, 5.41) is 3.41. The standard InChI is InChI=1S/C16H13F4N3/c1-8-9(10-4-2-3-5-11(10)22-8)6-7-21-14-12(17)15(19)23-16(20)13(14)18/h2-5,22H,6-7H2,1H3,(H,21,23). The summed E-state index contributed by atoms with van der Waals surface area (Å²) in [6.07, 6.45) is 0.431. The summed E-state index contributed by atoms with van der Waals surface area (Å²) in [5.74, 6) is -6.40. The van der Waals surface area contributed by atoms with E-state index in [4.69, 9.17) is 0 Å². The zero-order valence-corrected chi connectivity index (χ0v) is 12.2. The molecule has 0 aliphatic carbocycles. The van der Waals surface area contributed by atoms with E-state index in [-0.39, 0.29) is 6.54 Å². The van der Waals surface area contributed by atoms with Gasteiger partial charge in [-0.2, -0.15) is 22.5 Å². The van der Waals surface area contributed by atoms with Gasteiger partial charge in [0.1, 0.15) is 5.69 Å². The van der Waals surface area contributed by atoms with E-state index in [2.05, 4.69) is 15.3 Å². The molecule has 0 atom stereocenters. The molecule has 2 N–H and O–H groups in total. The predicted octanol–water partition coefficient (Wildman–Crippen LogP) is 4.08. The van der Waals surface area contributed by atoms with Gasteiger partial charge < -0.3 is 10.3 Å². The lowest BCUT2D eigenvalue weighted by molar-refractivity contribution is 0.410. The zero-order chi connectivity index (χ0) is 16.6. The average molecular weight is 323 g/mol. The Hall–Kier alpha value is -2.57. The van der Waals surface area contributed by atoms with Crippen molar-refractivity contribution in [2.24, 2.45) is 0 Å². The summed E-state index contributed by atoms with van der Waals surface area (Å²) < 4.78 is 53.2. The lowest BCUT2D eigenvalue weighted by atomic mass is 10.1. The highest BCUT2D eigenvalue weighted by Gasteiger charge is 2.20. The van der Waals surface area contributed by atoms with Crippen molar-refractivity contribution in [2.75, 3.05) is 11.9 Å². The number of halogens is 4. The highest BCUT2D eigenvalue weighted by atomic mass is 19.2. The molecular weight excluding hydrogens is 310 g/mol. The molecule has 0 spiro atoms. The first kappa shape index (κ1) is 15.3. The Labute approximate surface area is 129 Å². The van der Waals surface area contributed by atoms with Gasteiger partial charge in [0, 0.05) is 23.1 Å². The van der Waals surface area contributed by atoms with Gasteiger partial charge in [-0.25, -0.2) is 0 Å². The topological polar surface area (TPSA) is 40.7 Å². The SMILES string of the molecule is Cc1[nH]c2ccccc2c1CCNc1c(F)c(F)nc(F)c1F. The molecule has 0 radical (unpaired) electrons. The van der Waals surface area contributed by atoms with Gasteiger partial charge in [0.2, 0.25) is 11.6 Å². The highest BCUT2D eigenvalue weighted by molar-refractivity contribution is 5.84. The van der Waals surface area contributed by atoms with Crippen molar-refractivity contribution in [2.45, 2.75) is 13.3 Å². The van der Waals surface area contributed by atoms with Crippen LogP contribution in [0.4, 0.5) is 23.2 Å². The summed E-state index contributed by atoms with van der Waals surface area (Å²) in [6, 6.07) is 7.64. The van der Waals surface area contributed by atoms with Crippen molar-refractivity contribution >= 4 is 16.6 Å². The number of para-hydroxylation sites is 1.